The van der Waals surface area contributed by atoms with E-state index in [1.807, 2.05) is 29.2 Å². The number of nitrogens with zero attached hydrogens (tertiary/aromatic N) is 2. The monoisotopic (exact) mass is 329 g/mol. The van der Waals surface area contributed by atoms with Gasteiger partial charge in [-0.3, -0.25) is 9.59 Å². The zero-order valence-corrected chi connectivity index (χ0v) is 14.5. The van der Waals surface area contributed by atoms with E-state index >= 15 is 0 Å². The summed E-state index contributed by atoms with van der Waals surface area (Å²) in [5.41, 5.74) is 1.49. The number of anilines is 1. The van der Waals surface area contributed by atoms with Crippen molar-refractivity contribution >= 4 is 17.4 Å². The van der Waals surface area contributed by atoms with E-state index in [-0.39, 0.29) is 11.7 Å². The first kappa shape index (κ1) is 17.1. The van der Waals surface area contributed by atoms with E-state index in [9.17, 15) is 9.59 Å². The Morgan fingerprint density at radius 3 is 2.75 bits per heavy atom. The van der Waals surface area contributed by atoms with E-state index < -0.39 is 0 Å². The average molecular weight is 329 g/mol. The number of Topliss-reactive ketones (excluding diaryl/α,β-unsaturated/α-hetero) is 1. The first-order chi connectivity index (χ1) is 11.6. The minimum Gasteiger partial charge on any atom is -0.312 e. The molecule has 0 saturated carbocycles. The van der Waals surface area contributed by atoms with E-state index in [2.05, 4.69) is 17.1 Å². The summed E-state index contributed by atoms with van der Waals surface area (Å²) in [5, 5.41) is 3.46. The summed E-state index contributed by atoms with van der Waals surface area (Å²) in [5.74, 6) is 0.153. The number of piperazine rings is 1. The number of carbonyl (C=O) groups excluding carboxylic acids is 2. The van der Waals surface area contributed by atoms with Gasteiger partial charge in [0.15, 0.2) is 5.78 Å². The fourth-order valence-corrected chi connectivity index (χ4v) is 3.64. The minimum atomic E-state index is 0.0732. The van der Waals surface area contributed by atoms with Crippen LogP contribution in [0.1, 0.15) is 43.0 Å². The number of amides is 1. The van der Waals surface area contributed by atoms with Crippen molar-refractivity contribution in [2.24, 2.45) is 0 Å². The van der Waals surface area contributed by atoms with Crippen molar-refractivity contribution in [3.63, 3.8) is 0 Å². The summed E-state index contributed by atoms with van der Waals surface area (Å²) in [6.45, 7) is 7.25. The number of hydrogen-bond donors (Lipinski definition) is 1. The maximum atomic E-state index is 12.4. The SMILES string of the molecule is C[C@@H]1CN(CCCCN2C(=O)CCC(=O)c3ccccc32)CCN1. The van der Waals surface area contributed by atoms with Gasteiger partial charge in [-0.25, -0.2) is 0 Å². The van der Waals surface area contributed by atoms with Crippen molar-refractivity contribution in [3.05, 3.63) is 29.8 Å². The van der Waals surface area contributed by atoms with Crippen LogP contribution in [-0.2, 0) is 4.79 Å². The minimum absolute atomic E-state index is 0.0732. The van der Waals surface area contributed by atoms with Crippen LogP contribution in [0.25, 0.3) is 0 Å². The number of unbranched alkanes of at least 4 members (excludes halogenated alkanes) is 1. The van der Waals surface area contributed by atoms with Crippen LogP contribution in [0.4, 0.5) is 5.69 Å². The molecule has 0 spiro atoms. The molecule has 1 fully saturated rings. The Hall–Kier alpha value is -1.72. The lowest BCUT2D eigenvalue weighted by Gasteiger charge is -2.32. The van der Waals surface area contributed by atoms with E-state index in [0.717, 1.165) is 44.7 Å². The molecule has 24 heavy (non-hydrogen) atoms. The molecule has 1 aromatic rings. The maximum Gasteiger partial charge on any atom is 0.227 e. The second-order valence-corrected chi connectivity index (χ2v) is 6.85. The van der Waals surface area contributed by atoms with Gasteiger partial charge < -0.3 is 15.1 Å². The molecule has 5 nitrogen and oxygen atoms in total. The number of nitrogens with one attached hydrogen (secondary N) is 1. The third kappa shape index (κ3) is 4.02. The van der Waals surface area contributed by atoms with Gasteiger partial charge in [-0.15, -0.1) is 0 Å². The molecule has 130 valence electrons. The quantitative estimate of drug-likeness (QED) is 0.840. The third-order valence-corrected chi connectivity index (χ3v) is 4.92. The summed E-state index contributed by atoms with van der Waals surface area (Å²) in [4.78, 5) is 28.9. The van der Waals surface area contributed by atoms with Gasteiger partial charge in [0.1, 0.15) is 0 Å². The van der Waals surface area contributed by atoms with Crippen molar-refractivity contribution in [1.29, 1.82) is 0 Å². The highest BCUT2D eigenvalue weighted by Crippen LogP contribution is 2.27. The third-order valence-electron chi connectivity index (χ3n) is 4.92. The Labute approximate surface area is 144 Å². The summed E-state index contributed by atoms with van der Waals surface area (Å²) in [6, 6.07) is 8.07. The molecule has 5 heteroatoms. The highest BCUT2D eigenvalue weighted by Gasteiger charge is 2.25. The van der Waals surface area contributed by atoms with Crippen LogP contribution in [0.5, 0.6) is 0 Å². The van der Waals surface area contributed by atoms with Crippen molar-refractivity contribution in [2.45, 2.75) is 38.6 Å². The van der Waals surface area contributed by atoms with Crippen LogP contribution in [0.2, 0.25) is 0 Å². The Bertz CT molecular complexity index is 602. The molecule has 1 atom stereocenters. The van der Waals surface area contributed by atoms with Crippen LogP contribution in [0, 0.1) is 0 Å². The lowest BCUT2D eigenvalue weighted by Crippen LogP contribution is -2.49. The predicted molar refractivity (Wildman–Crippen MR) is 95.5 cm³/mol. The molecular formula is C19H27N3O2. The molecule has 0 bridgehead atoms. The fraction of sp³-hybridized carbons (Fsp3) is 0.579. The zero-order valence-electron chi connectivity index (χ0n) is 14.5. The van der Waals surface area contributed by atoms with Gasteiger partial charge in [-0.05, 0) is 38.4 Å². The number of para-hydroxylation sites is 1. The van der Waals surface area contributed by atoms with E-state index in [1.165, 1.54) is 0 Å². The van der Waals surface area contributed by atoms with Crippen LogP contribution in [0.3, 0.4) is 0 Å². The second-order valence-electron chi connectivity index (χ2n) is 6.85. The smallest absolute Gasteiger partial charge is 0.227 e. The van der Waals surface area contributed by atoms with Crippen LogP contribution in [-0.4, -0.2) is 55.4 Å². The van der Waals surface area contributed by atoms with E-state index in [4.69, 9.17) is 0 Å². The Morgan fingerprint density at radius 2 is 1.92 bits per heavy atom. The van der Waals surface area contributed by atoms with Crippen LogP contribution >= 0.6 is 0 Å². The van der Waals surface area contributed by atoms with Crippen LogP contribution in [0.15, 0.2) is 24.3 Å². The van der Waals surface area contributed by atoms with Crippen molar-refractivity contribution < 1.29 is 9.59 Å². The standard InChI is InChI=1S/C19H27N3O2/c1-15-14-21(13-10-20-15)11-4-5-12-22-17-7-3-2-6-16(17)18(23)8-9-19(22)24/h2-3,6-7,15,20H,4-5,8-14H2,1H3/t15-/m1/s1. The highest BCUT2D eigenvalue weighted by molar-refractivity contribution is 6.09. The molecule has 0 radical (unpaired) electrons. The molecule has 2 aliphatic rings. The molecule has 2 heterocycles. The predicted octanol–water partition coefficient (Wildman–Crippen LogP) is 2.07. The van der Waals surface area contributed by atoms with Crippen molar-refractivity contribution in [3.8, 4) is 0 Å². The zero-order chi connectivity index (χ0) is 16.9. The van der Waals surface area contributed by atoms with E-state index in [0.29, 0.717) is 31.0 Å². The normalized spacial score (nSPS) is 22.4. The molecule has 1 N–H and O–H groups in total. The Balaban J connectivity index is 1.56. The van der Waals surface area contributed by atoms with Crippen LogP contribution < -0.4 is 10.2 Å². The first-order valence-electron chi connectivity index (χ1n) is 9.03. The van der Waals surface area contributed by atoms with Crippen molar-refractivity contribution in [1.82, 2.24) is 10.2 Å². The maximum absolute atomic E-state index is 12.4. The van der Waals surface area contributed by atoms with Gasteiger partial charge in [0, 0.05) is 50.6 Å². The number of ketones is 1. The highest BCUT2D eigenvalue weighted by atomic mass is 16.2. The van der Waals surface area contributed by atoms with Gasteiger partial charge in [0.05, 0.1) is 5.69 Å². The van der Waals surface area contributed by atoms with Gasteiger partial charge in [0.25, 0.3) is 0 Å². The Morgan fingerprint density at radius 1 is 1.12 bits per heavy atom. The molecule has 0 aromatic heterocycles. The lowest BCUT2D eigenvalue weighted by atomic mass is 10.1. The molecule has 0 aliphatic carbocycles. The number of rotatable bonds is 5. The topological polar surface area (TPSA) is 52.7 Å². The molecule has 1 saturated heterocycles. The summed E-state index contributed by atoms with van der Waals surface area (Å²) >= 11 is 0. The Kier molecular flexibility index (Phi) is 5.63. The number of benzene rings is 1. The fourth-order valence-electron chi connectivity index (χ4n) is 3.64. The summed E-state index contributed by atoms with van der Waals surface area (Å²) in [7, 11) is 0. The summed E-state index contributed by atoms with van der Waals surface area (Å²) in [6.07, 6.45) is 2.69. The van der Waals surface area contributed by atoms with Gasteiger partial charge in [-0.2, -0.15) is 0 Å². The van der Waals surface area contributed by atoms with Gasteiger partial charge in [-0.1, -0.05) is 12.1 Å². The molecule has 2 aliphatic heterocycles. The molecule has 1 aromatic carbocycles. The average Bonchev–Trinajstić information content (AvgIpc) is 2.70. The van der Waals surface area contributed by atoms with Gasteiger partial charge in [0.2, 0.25) is 5.91 Å². The molecule has 3 rings (SSSR count). The lowest BCUT2D eigenvalue weighted by molar-refractivity contribution is -0.118. The summed E-state index contributed by atoms with van der Waals surface area (Å²) < 4.78 is 0. The largest absolute Gasteiger partial charge is 0.312 e. The molecule has 0 unspecified atom stereocenters. The van der Waals surface area contributed by atoms with Crippen molar-refractivity contribution in [2.75, 3.05) is 37.6 Å². The number of fused-ring (bicyclic) bond motifs is 1. The number of carbonyl (C=O) groups is 2. The molecule has 1 amide bonds. The van der Waals surface area contributed by atoms with E-state index in [1.54, 1.807) is 0 Å². The van der Waals surface area contributed by atoms with Gasteiger partial charge >= 0.3 is 0 Å². The second kappa shape index (κ2) is 7.90. The molecular weight excluding hydrogens is 302 g/mol. The first-order valence-corrected chi connectivity index (χ1v) is 9.03. The number of hydrogen-bond acceptors (Lipinski definition) is 4.